The van der Waals surface area contributed by atoms with Gasteiger partial charge in [-0.1, -0.05) is 0 Å². The first-order valence-electron chi connectivity index (χ1n) is 6.69. The number of aromatic carboxylic acids is 1. The minimum atomic E-state index is -4.16. The van der Waals surface area contributed by atoms with Gasteiger partial charge in [-0.25, -0.2) is 22.7 Å². The first-order valence-corrected chi connectivity index (χ1v) is 8.17. The van der Waals surface area contributed by atoms with E-state index in [1.165, 1.54) is 6.92 Å². The predicted molar refractivity (Wildman–Crippen MR) is 83.7 cm³/mol. The molecule has 10 heteroatoms. The molecule has 0 amide bonds. The molecule has 25 heavy (non-hydrogen) atoms. The number of hydrogen-bond donors (Lipinski definition) is 2. The summed E-state index contributed by atoms with van der Waals surface area (Å²) in [5.74, 6) is -2.45. The van der Waals surface area contributed by atoms with Crippen LogP contribution in [-0.2, 0) is 14.8 Å². The second-order valence-corrected chi connectivity index (χ2v) is 6.46. The molecule has 9 nitrogen and oxygen atoms in total. The fourth-order valence-electron chi connectivity index (χ4n) is 2.03. The van der Waals surface area contributed by atoms with Crippen molar-refractivity contribution in [3.05, 3.63) is 46.7 Å². The number of rotatable bonds is 5. The van der Waals surface area contributed by atoms with E-state index in [2.05, 4.69) is 9.46 Å². The number of nitrogens with one attached hydrogen (secondary N) is 1. The van der Waals surface area contributed by atoms with Gasteiger partial charge in [0.2, 0.25) is 5.88 Å². The highest BCUT2D eigenvalue weighted by molar-refractivity contribution is 7.92. The fourth-order valence-corrected chi connectivity index (χ4v) is 3.03. The van der Waals surface area contributed by atoms with Gasteiger partial charge in [0.1, 0.15) is 23.0 Å². The summed E-state index contributed by atoms with van der Waals surface area (Å²) in [6.45, 7) is 1.38. The number of nitrogens with zero attached hydrogens (tertiary/aromatic N) is 1. The van der Waals surface area contributed by atoms with Crippen molar-refractivity contribution in [1.29, 1.82) is 5.26 Å². The number of carbonyl (C=O) groups excluding carboxylic acids is 1. The molecule has 0 fully saturated rings. The third kappa shape index (κ3) is 3.46. The molecule has 1 aromatic heterocycles. The van der Waals surface area contributed by atoms with E-state index in [-0.39, 0.29) is 27.3 Å². The van der Waals surface area contributed by atoms with Crippen LogP contribution in [0.3, 0.4) is 0 Å². The Morgan fingerprint density at radius 2 is 1.88 bits per heavy atom. The first kappa shape index (κ1) is 18.0. The van der Waals surface area contributed by atoms with Gasteiger partial charge in [0, 0.05) is 0 Å². The number of sulfonamides is 1. The maximum atomic E-state index is 12.4. The zero-order chi connectivity index (χ0) is 18.8. The van der Waals surface area contributed by atoms with Crippen molar-refractivity contribution in [2.45, 2.75) is 11.8 Å². The number of esters is 1. The molecule has 0 saturated heterocycles. The quantitative estimate of drug-likeness (QED) is 0.763. The number of ether oxygens (including phenoxy) is 1. The highest BCUT2D eigenvalue weighted by Gasteiger charge is 2.27. The standard InChI is InChI=1S/C15H12N2O7S/c1-8-12(15(20)23-2)11(7-16)13(24-8)17-25(21,22)10-5-3-9(4-6-10)14(18)19/h3-6,17H,1-2H3,(H,18,19). The molecule has 2 rings (SSSR count). The van der Waals surface area contributed by atoms with Crippen LogP contribution in [0.1, 0.15) is 32.0 Å². The fraction of sp³-hybridized carbons (Fsp3) is 0.133. The number of carboxylic acid groups (broad SMARTS) is 1. The Morgan fingerprint density at radius 1 is 1.28 bits per heavy atom. The highest BCUT2D eigenvalue weighted by Crippen LogP contribution is 2.29. The molecule has 0 atom stereocenters. The number of carbonyl (C=O) groups is 2. The van der Waals surface area contributed by atoms with Crippen molar-refractivity contribution < 1.29 is 32.3 Å². The van der Waals surface area contributed by atoms with E-state index in [0.717, 1.165) is 31.4 Å². The molecule has 0 saturated carbocycles. The van der Waals surface area contributed by atoms with Gasteiger partial charge in [-0.15, -0.1) is 0 Å². The lowest BCUT2D eigenvalue weighted by Crippen LogP contribution is -2.14. The van der Waals surface area contributed by atoms with E-state index >= 15 is 0 Å². The van der Waals surface area contributed by atoms with Crippen LogP contribution in [0.15, 0.2) is 33.6 Å². The van der Waals surface area contributed by atoms with Gasteiger partial charge in [0.25, 0.3) is 10.0 Å². The van der Waals surface area contributed by atoms with Crippen LogP contribution in [-0.4, -0.2) is 32.6 Å². The lowest BCUT2D eigenvalue weighted by Gasteiger charge is -2.06. The average molecular weight is 364 g/mol. The third-order valence-electron chi connectivity index (χ3n) is 3.22. The number of furan rings is 1. The summed E-state index contributed by atoms with van der Waals surface area (Å²) in [7, 11) is -3.05. The summed E-state index contributed by atoms with van der Waals surface area (Å²) >= 11 is 0. The molecule has 0 spiro atoms. The Bertz CT molecular complexity index is 982. The van der Waals surface area contributed by atoms with E-state index in [0.29, 0.717) is 0 Å². The topological polar surface area (TPSA) is 147 Å². The van der Waals surface area contributed by atoms with Gasteiger partial charge in [0.05, 0.1) is 17.6 Å². The van der Waals surface area contributed by atoms with Gasteiger partial charge in [-0.2, -0.15) is 5.26 Å². The molecule has 0 aliphatic carbocycles. The number of aryl methyl sites for hydroxylation is 1. The van der Waals surface area contributed by atoms with Crippen LogP contribution in [0.25, 0.3) is 0 Å². The average Bonchev–Trinajstić information content (AvgIpc) is 2.88. The van der Waals surface area contributed by atoms with E-state index in [1.54, 1.807) is 6.07 Å². The van der Waals surface area contributed by atoms with Crippen molar-refractivity contribution in [1.82, 2.24) is 0 Å². The van der Waals surface area contributed by atoms with Crippen molar-refractivity contribution in [2.24, 2.45) is 0 Å². The predicted octanol–water partition coefficient (Wildman–Crippen LogP) is 1.75. The Kier molecular flexibility index (Phi) is 4.80. The lowest BCUT2D eigenvalue weighted by molar-refractivity contribution is 0.0597. The minimum absolute atomic E-state index is 0.0160. The largest absolute Gasteiger partial charge is 0.478 e. The van der Waals surface area contributed by atoms with Crippen molar-refractivity contribution in [3.8, 4) is 6.07 Å². The van der Waals surface area contributed by atoms with Gasteiger partial charge >= 0.3 is 11.9 Å². The summed E-state index contributed by atoms with van der Waals surface area (Å²) in [5.41, 5.74) is -0.572. The van der Waals surface area contributed by atoms with E-state index in [9.17, 15) is 23.3 Å². The number of hydrogen-bond acceptors (Lipinski definition) is 7. The van der Waals surface area contributed by atoms with Crippen LogP contribution in [0.4, 0.5) is 5.88 Å². The molecule has 2 aromatic rings. The molecule has 0 aliphatic heterocycles. The molecule has 0 radical (unpaired) electrons. The monoisotopic (exact) mass is 364 g/mol. The smallest absolute Gasteiger partial charge is 0.342 e. The Morgan fingerprint density at radius 3 is 2.36 bits per heavy atom. The van der Waals surface area contributed by atoms with Crippen molar-refractivity contribution >= 4 is 27.8 Å². The van der Waals surface area contributed by atoms with Crippen LogP contribution < -0.4 is 4.72 Å². The Hall–Kier alpha value is -3.32. The van der Waals surface area contributed by atoms with Crippen LogP contribution in [0.5, 0.6) is 0 Å². The molecule has 130 valence electrons. The molecule has 1 aromatic carbocycles. The number of anilines is 1. The summed E-state index contributed by atoms with van der Waals surface area (Å²) in [6, 6.07) is 6.12. The zero-order valence-electron chi connectivity index (χ0n) is 13.1. The highest BCUT2D eigenvalue weighted by atomic mass is 32.2. The van der Waals surface area contributed by atoms with Gasteiger partial charge < -0.3 is 14.3 Å². The summed E-state index contributed by atoms with van der Waals surface area (Å²) in [6.07, 6.45) is 0. The van der Waals surface area contributed by atoms with Crippen molar-refractivity contribution in [2.75, 3.05) is 11.8 Å². The molecule has 0 aliphatic rings. The van der Waals surface area contributed by atoms with Crippen LogP contribution in [0.2, 0.25) is 0 Å². The first-order chi connectivity index (χ1) is 11.7. The maximum Gasteiger partial charge on any atom is 0.342 e. The summed E-state index contributed by atoms with van der Waals surface area (Å²) < 4.78 is 36.5. The third-order valence-corrected chi connectivity index (χ3v) is 4.57. The zero-order valence-corrected chi connectivity index (χ0v) is 13.9. The second kappa shape index (κ2) is 6.66. The second-order valence-electron chi connectivity index (χ2n) is 4.78. The molecule has 0 bridgehead atoms. The van der Waals surface area contributed by atoms with Gasteiger partial charge in [-0.3, -0.25) is 0 Å². The SMILES string of the molecule is COC(=O)c1c(C)oc(NS(=O)(=O)c2ccc(C(=O)O)cc2)c1C#N. The molecule has 0 unspecified atom stereocenters. The van der Waals surface area contributed by atoms with E-state index in [4.69, 9.17) is 9.52 Å². The van der Waals surface area contributed by atoms with Crippen LogP contribution in [0, 0.1) is 18.3 Å². The van der Waals surface area contributed by atoms with Crippen molar-refractivity contribution in [3.63, 3.8) is 0 Å². The maximum absolute atomic E-state index is 12.4. The number of methoxy groups -OCH3 is 1. The molecular formula is C15H12N2O7S. The Labute approximate surface area is 142 Å². The van der Waals surface area contributed by atoms with Crippen LogP contribution >= 0.6 is 0 Å². The molecular weight excluding hydrogens is 352 g/mol. The lowest BCUT2D eigenvalue weighted by atomic mass is 10.1. The normalized spacial score (nSPS) is 10.8. The molecule has 1 heterocycles. The molecule has 2 N–H and O–H groups in total. The Balaban J connectivity index is 2.43. The number of benzene rings is 1. The number of nitriles is 1. The van der Waals surface area contributed by atoms with Gasteiger partial charge in [0.15, 0.2) is 0 Å². The summed E-state index contributed by atoms with van der Waals surface area (Å²) in [5, 5.41) is 18.0. The number of carboxylic acids is 1. The summed E-state index contributed by atoms with van der Waals surface area (Å²) in [4.78, 5) is 22.3. The van der Waals surface area contributed by atoms with E-state index in [1.807, 2.05) is 0 Å². The van der Waals surface area contributed by atoms with Gasteiger partial charge in [-0.05, 0) is 31.2 Å². The minimum Gasteiger partial charge on any atom is -0.478 e. The van der Waals surface area contributed by atoms with E-state index < -0.39 is 27.8 Å².